The van der Waals surface area contributed by atoms with Crippen molar-refractivity contribution in [2.75, 3.05) is 18.5 Å². The topological polar surface area (TPSA) is 84.6 Å². The van der Waals surface area contributed by atoms with Crippen LogP contribution in [0, 0.1) is 0 Å². The molecule has 0 saturated heterocycles. The van der Waals surface area contributed by atoms with Gasteiger partial charge in [-0.2, -0.15) is 4.98 Å². The monoisotopic (exact) mass is 214 g/mol. The van der Waals surface area contributed by atoms with Crippen LogP contribution >= 0.6 is 0 Å². The van der Waals surface area contributed by atoms with E-state index in [1.54, 1.807) is 13.8 Å². The van der Waals surface area contributed by atoms with Crippen molar-refractivity contribution in [1.29, 1.82) is 0 Å². The molecule has 1 aromatic rings. The highest BCUT2D eigenvalue weighted by atomic mass is 16.5. The van der Waals surface area contributed by atoms with Gasteiger partial charge in [-0.25, -0.2) is 4.79 Å². The second-order valence-electron chi connectivity index (χ2n) is 2.99. The Hall–Kier alpha value is -1.56. The number of carbonyl (C=O) groups is 1. The fourth-order valence-corrected chi connectivity index (χ4v) is 0.895. The molecule has 15 heavy (non-hydrogen) atoms. The number of esters is 1. The minimum Gasteiger partial charge on any atom is -0.461 e. The van der Waals surface area contributed by atoms with Crippen molar-refractivity contribution in [1.82, 2.24) is 4.98 Å². The Kier molecular flexibility index (Phi) is 4.11. The Labute approximate surface area is 87.3 Å². The summed E-state index contributed by atoms with van der Waals surface area (Å²) >= 11 is 0. The standard InChI is InChI=1S/C9H14N2O4/c1-3-14-8(13)7-5-15-9(11-7)10-6(2)4-12/h5-6,12H,3-4H2,1-2H3,(H,10,11). The van der Waals surface area contributed by atoms with Gasteiger partial charge in [0, 0.05) is 0 Å². The first-order valence-corrected chi connectivity index (χ1v) is 4.67. The Morgan fingerprint density at radius 2 is 2.53 bits per heavy atom. The maximum atomic E-state index is 11.2. The summed E-state index contributed by atoms with van der Waals surface area (Å²) in [6.07, 6.45) is 1.21. The van der Waals surface area contributed by atoms with Crippen LogP contribution in [0.25, 0.3) is 0 Å². The number of anilines is 1. The summed E-state index contributed by atoms with van der Waals surface area (Å²) in [6.45, 7) is 3.72. The van der Waals surface area contributed by atoms with Crippen LogP contribution in [0.2, 0.25) is 0 Å². The van der Waals surface area contributed by atoms with E-state index in [-0.39, 0.29) is 24.4 Å². The number of rotatable bonds is 5. The first-order valence-electron chi connectivity index (χ1n) is 4.67. The molecular weight excluding hydrogens is 200 g/mol. The molecule has 2 N–H and O–H groups in total. The number of aliphatic hydroxyl groups excluding tert-OH is 1. The molecule has 0 saturated carbocycles. The minimum absolute atomic E-state index is 0.0445. The number of nitrogens with zero attached hydrogens (tertiary/aromatic N) is 1. The first kappa shape index (κ1) is 11.5. The molecule has 1 heterocycles. The van der Waals surface area contributed by atoms with Crippen LogP contribution in [0.4, 0.5) is 6.01 Å². The number of aromatic nitrogens is 1. The second kappa shape index (κ2) is 5.35. The van der Waals surface area contributed by atoms with E-state index in [9.17, 15) is 4.79 Å². The van der Waals surface area contributed by atoms with Gasteiger partial charge in [0.2, 0.25) is 0 Å². The fraction of sp³-hybridized carbons (Fsp3) is 0.556. The number of ether oxygens (including phenoxy) is 1. The summed E-state index contributed by atoms with van der Waals surface area (Å²) in [5.74, 6) is -0.522. The maximum Gasteiger partial charge on any atom is 0.360 e. The van der Waals surface area contributed by atoms with Crippen molar-refractivity contribution < 1.29 is 19.1 Å². The van der Waals surface area contributed by atoms with Gasteiger partial charge in [-0.1, -0.05) is 0 Å². The molecule has 0 spiro atoms. The molecule has 0 radical (unpaired) electrons. The van der Waals surface area contributed by atoms with Crippen LogP contribution in [-0.4, -0.2) is 35.3 Å². The van der Waals surface area contributed by atoms with E-state index in [1.807, 2.05) is 0 Å². The average molecular weight is 214 g/mol. The second-order valence-corrected chi connectivity index (χ2v) is 2.99. The van der Waals surface area contributed by atoms with Crippen LogP contribution in [0.15, 0.2) is 10.7 Å². The lowest BCUT2D eigenvalue weighted by Gasteiger charge is -2.06. The maximum absolute atomic E-state index is 11.2. The predicted molar refractivity (Wildman–Crippen MR) is 52.6 cm³/mol. The van der Waals surface area contributed by atoms with Crippen molar-refractivity contribution in [3.8, 4) is 0 Å². The van der Waals surface area contributed by atoms with Gasteiger partial charge in [-0.3, -0.25) is 0 Å². The summed E-state index contributed by atoms with van der Waals surface area (Å²) in [5.41, 5.74) is 0.115. The van der Waals surface area contributed by atoms with Gasteiger partial charge < -0.3 is 19.6 Å². The lowest BCUT2D eigenvalue weighted by atomic mass is 10.4. The summed E-state index contributed by atoms with van der Waals surface area (Å²) in [7, 11) is 0. The fourth-order valence-electron chi connectivity index (χ4n) is 0.895. The van der Waals surface area contributed by atoms with Crippen LogP contribution < -0.4 is 5.32 Å². The summed E-state index contributed by atoms with van der Waals surface area (Å²) < 4.78 is 9.70. The molecule has 1 rings (SSSR count). The zero-order chi connectivity index (χ0) is 11.3. The third-order valence-corrected chi connectivity index (χ3v) is 1.63. The highest BCUT2D eigenvalue weighted by Gasteiger charge is 2.13. The van der Waals surface area contributed by atoms with Gasteiger partial charge in [0.1, 0.15) is 6.26 Å². The predicted octanol–water partition coefficient (Wildman–Crippen LogP) is 0.644. The molecule has 1 unspecified atom stereocenters. The number of carbonyl (C=O) groups excluding carboxylic acids is 1. The van der Waals surface area contributed by atoms with Crippen LogP contribution in [0.1, 0.15) is 24.3 Å². The molecule has 1 atom stereocenters. The third-order valence-electron chi connectivity index (χ3n) is 1.63. The highest BCUT2D eigenvalue weighted by Crippen LogP contribution is 2.09. The lowest BCUT2D eigenvalue weighted by Crippen LogP contribution is -2.19. The lowest BCUT2D eigenvalue weighted by molar-refractivity contribution is 0.0519. The molecule has 0 aliphatic heterocycles. The molecule has 6 heteroatoms. The van der Waals surface area contributed by atoms with Crippen molar-refractivity contribution in [2.45, 2.75) is 19.9 Å². The SMILES string of the molecule is CCOC(=O)c1coc(NC(C)CO)n1. The van der Waals surface area contributed by atoms with Crippen LogP contribution in [0.5, 0.6) is 0 Å². The molecule has 1 aromatic heterocycles. The number of aliphatic hydroxyl groups is 1. The van der Waals surface area contributed by atoms with E-state index in [1.165, 1.54) is 6.26 Å². The molecule has 0 amide bonds. The van der Waals surface area contributed by atoms with E-state index >= 15 is 0 Å². The largest absolute Gasteiger partial charge is 0.461 e. The zero-order valence-electron chi connectivity index (χ0n) is 8.69. The van der Waals surface area contributed by atoms with Gasteiger partial charge in [0.15, 0.2) is 5.69 Å². The van der Waals surface area contributed by atoms with Gasteiger partial charge in [0.05, 0.1) is 19.3 Å². The summed E-state index contributed by atoms with van der Waals surface area (Å²) in [5, 5.41) is 11.5. The number of hydrogen-bond acceptors (Lipinski definition) is 6. The third kappa shape index (κ3) is 3.25. The van der Waals surface area contributed by atoms with Crippen LogP contribution in [-0.2, 0) is 4.74 Å². The molecule has 84 valence electrons. The van der Waals surface area contributed by atoms with E-state index in [0.29, 0.717) is 6.61 Å². The molecule has 0 aliphatic rings. The van der Waals surface area contributed by atoms with Gasteiger partial charge in [-0.15, -0.1) is 0 Å². The Balaban J connectivity index is 2.59. The van der Waals surface area contributed by atoms with E-state index in [2.05, 4.69) is 10.3 Å². The van der Waals surface area contributed by atoms with Crippen molar-refractivity contribution >= 4 is 12.0 Å². The average Bonchev–Trinajstić information content (AvgIpc) is 2.66. The zero-order valence-corrected chi connectivity index (χ0v) is 8.69. The van der Waals surface area contributed by atoms with E-state index in [0.717, 1.165) is 0 Å². The number of nitrogens with one attached hydrogen (secondary N) is 1. The smallest absolute Gasteiger partial charge is 0.360 e. The minimum atomic E-state index is -0.522. The molecule has 0 aromatic carbocycles. The van der Waals surface area contributed by atoms with Crippen LogP contribution in [0.3, 0.4) is 0 Å². The Morgan fingerprint density at radius 1 is 1.80 bits per heavy atom. The van der Waals surface area contributed by atoms with Crippen molar-refractivity contribution in [2.24, 2.45) is 0 Å². The van der Waals surface area contributed by atoms with E-state index < -0.39 is 5.97 Å². The highest BCUT2D eigenvalue weighted by molar-refractivity contribution is 5.87. The van der Waals surface area contributed by atoms with Gasteiger partial charge in [-0.05, 0) is 13.8 Å². The quantitative estimate of drug-likeness (QED) is 0.700. The van der Waals surface area contributed by atoms with Gasteiger partial charge in [0.25, 0.3) is 6.01 Å². The molecule has 0 aliphatic carbocycles. The van der Waals surface area contributed by atoms with Gasteiger partial charge >= 0.3 is 5.97 Å². The normalized spacial score (nSPS) is 12.2. The Bertz CT molecular complexity index is 324. The summed E-state index contributed by atoms with van der Waals surface area (Å²) in [6, 6.07) is 0.0123. The molecular formula is C9H14N2O4. The number of hydrogen-bond donors (Lipinski definition) is 2. The molecule has 0 fully saturated rings. The molecule has 6 nitrogen and oxygen atoms in total. The Morgan fingerprint density at radius 3 is 3.13 bits per heavy atom. The van der Waals surface area contributed by atoms with Crippen molar-refractivity contribution in [3.63, 3.8) is 0 Å². The first-order chi connectivity index (χ1) is 7.17. The summed E-state index contributed by atoms with van der Waals surface area (Å²) in [4.78, 5) is 15.0. The number of oxazole rings is 1. The van der Waals surface area contributed by atoms with Crippen molar-refractivity contribution in [3.05, 3.63) is 12.0 Å². The molecule has 0 bridgehead atoms. The van der Waals surface area contributed by atoms with E-state index in [4.69, 9.17) is 14.3 Å².